The Morgan fingerprint density at radius 1 is 1.57 bits per heavy atom. The summed E-state index contributed by atoms with van der Waals surface area (Å²) in [6.45, 7) is 1.78. The third-order valence-corrected chi connectivity index (χ3v) is 1.69. The quantitative estimate of drug-likeness (QED) is 0.477. The molecule has 0 aromatic carbocycles. The zero-order valence-corrected chi connectivity index (χ0v) is 8.71. The molecule has 0 heterocycles. The molecule has 0 aliphatic carbocycles. The van der Waals surface area contributed by atoms with Crippen LogP contribution in [0.15, 0.2) is 0 Å². The molecule has 1 unspecified atom stereocenters. The van der Waals surface area contributed by atoms with E-state index in [0.717, 1.165) is 0 Å². The average molecular weight is 224 g/mol. The Balaban J connectivity index is 3.58. The van der Waals surface area contributed by atoms with Crippen LogP contribution in [0.2, 0.25) is 0 Å². The van der Waals surface area contributed by atoms with Crippen LogP contribution in [0.25, 0.3) is 0 Å². The molecule has 0 bridgehead atoms. The minimum atomic E-state index is -0.876. The molecule has 1 amide bonds. The number of hydrogen-bond acceptors (Lipinski definition) is 4. The molecule has 0 radical (unpaired) electrons. The first kappa shape index (κ1) is 13.2. The predicted octanol–water partition coefficient (Wildman–Crippen LogP) is -0.345. The minimum absolute atomic E-state index is 0.00712. The van der Waals surface area contributed by atoms with Crippen LogP contribution in [-0.2, 0) is 14.3 Å². The first-order valence-corrected chi connectivity index (χ1v) is 4.80. The predicted molar refractivity (Wildman–Crippen MR) is 51.0 cm³/mol. The number of halogens is 1. The van der Waals surface area contributed by atoms with Crippen molar-refractivity contribution in [2.45, 2.75) is 19.4 Å². The van der Waals surface area contributed by atoms with Crippen molar-refractivity contribution >= 4 is 23.5 Å². The molecule has 5 nitrogen and oxygen atoms in total. The van der Waals surface area contributed by atoms with Gasteiger partial charge in [-0.1, -0.05) is 0 Å². The van der Waals surface area contributed by atoms with E-state index in [2.05, 4.69) is 10.1 Å². The third kappa shape index (κ3) is 6.68. The van der Waals surface area contributed by atoms with E-state index < -0.39 is 18.0 Å². The van der Waals surface area contributed by atoms with Gasteiger partial charge in [0.1, 0.15) is 6.54 Å². The van der Waals surface area contributed by atoms with Crippen LogP contribution in [0.5, 0.6) is 0 Å². The van der Waals surface area contributed by atoms with E-state index in [9.17, 15) is 9.59 Å². The van der Waals surface area contributed by atoms with E-state index >= 15 is 0 Å². The van der Waals surface area contributed by atoms with Gasteiger partial charge in [0.15, 0.2) is 0 Å². The van der Waals surface area contributed by atoms with Crippen LogP contribution in [0.3, 0.4) is 0 Å². The third-order valence-electron chi connectivity index (χ3n) is 1.33. The molecule has 0 saturated carbocycles. The number of ether oxygens (including phenoxy) is 1. The summed E-state index contributed by atoms with van der Waals surface area (Å²) in [6, 6.07) is 0. The Morgan fingerprint density at radius 2 is 2.21 bits per heavy atom. The van der Waals surface area contributed by atoms with Gasteiger partial charge in [0.25, 0.3) is 0 Å². The molecule has 14 heavy (non-hydrogen) atoms. The summed E-state index contributed by atoms with van der Waals surface area (Å²) in [5.74, 6) is -0.931. The fraction of sp³-hybridized carbons (Fsp3) is 0.750. The zero-order chi connectivity index (χ0) is 11.0. The summed E-state index contributed by atoms with van der Waals surface area (Å²) in [4.78, 5) is 21.8. The van der Waals surface area contributed by atoms with Crippen LogP contribution in [0, 0.1) is 0 Å². The number of amides is 1. The molecule has 82 valence electrons. The standard InChI is InChI=1S/C8H14ClNO4/c1-2-14-8(13)5-10-7(12)3-6(11)4-9/h6,11H,2-5H2,1H3,(H,10,12). The molecule has 0 saturated heterocycles. The highest BCUT2D eigenvalue weighted by molar-refractivity contribution is 6.18. The number of hydrogen-bond donors (Lipinski definition) is 2. The molecular formula is C8H14ClNO4. The first-order chi connectivity index (χ1) is 6.60. The molecule has 0 aromatic heterocycles. The number of nitrogens with one attached hydrogen (secondary N) is 1. The summed E-state index contributed by atoms with van der Waals surface area (Å²) in [7, 11) is 0. The number of carbonyl (C=O) groups is 2. The van der Waals surface area contributed by atoms with Crippen LogP contribution < -0.4 is 5.32 Å². The van der Waals surface area contributed by atoms with Gasteiger partial charge in [0.05, 0.1) is 19.1 Å². The zero-order valence-electron chi connectivity index (χ0n) is 7.96. The van der Waals surface area contributed by atoms with Gasteiger partial charge in [-0.15, -0.1) is 11.6 Å². The van der Waals surface area contributed by atoms with E-state index in [4.69, 9.17) is 16.7 Å². The van der Waals surface area contributed by atoms with Crippen molar-refractivity contribution in [3.05, 3.63) is 0 Å². The molecule has 0 spiro atoms. The average Bonchev–Trinajstić information content (AvgIpc) is 2.15. The lowest BCUT2D eigenvalue weighted by atomic mass is 10.3. The van der Waals surface area contributed by atoms with E-state index in [1.165, 1.54) is 0 Å². The number of esters is 1. The van der Waals surface area contributed by atoms with Gasteiger partial charge in [0, 0.05) is 5.88 Å². The lowest BCUT2D eigenvalue weighted by Gasteiger charge is -2.07. The Labute approximate surface area is 87.4 Å². The van der Waals surface area contributed by atoms with E-state index in [1.807, 2.05) is 0 Å². The van der Waals surface area contributed by atoms with E-state index in [1.54, 1.807) is 6.92 Å². The fourth-order valence-electron chi connectivity index (χ4n) is 0.724. The topological polar surface area (TPSA) is 75.6 Å². The van der Waals surface area contributed by atoms with Gasteiger partial charge >= 0.3 is 5.97 Å². The summed E-state index contributed by atoms with van der Waals surface area (Å²) >= 11 is 5.29. The van der Waals surface area contributed by atoms with Crippen molar-refractivity contribution in [1.29, 1.82) is 0 Å². The lowest BCUT2D eigenvalue weighted by Crippen LogP contribution is -2.33. The number of aliphatic hydroxyl groups excluding tert-OH is 1. The molecule has 0 aromatic rings. The smallest absolute Gasteiger partial charge is 0.325 e. The SMILES string of the molecule is CCOC(=O)CNC(=O)CC(O)CCl. The first-order valence-electron chi connectivity index (χ1n) is 4.26. The van der Waals surface area contributed by atoms with E-state index in [0.29, 0.717) is 0 Å². The number of alkyl halides is 1. The lowest BCUT2D eigenvalue weighted by molar-refractivity contribution is -0.143. The van der Waals surface area contributed by atoms with Gasteiger partial charge in [-0.3, -0.25) is 9.59 Å². The van der Waals surface area contributed by atoms with Crippen LogP contribution in [0.1, 0.15) is 13.3 Å². The molecule has 0 rings (SSSR count). The summed E-state index contributed by atoms with van der Waals surface area (Å²) in [6.07, 6.45) is -0.984. The van der Waals surface area contributed by atoms with Crippen molar-refractivity contribution in [2.24, 2.45) is 0 Å². The second kappa shape index (κ2) is 7.58. The van der Waals surface area contributed by atoms with Crippen LogP contribution in [0.4, 0.5) is 0 Å². The molecule has 0 aliphatic rings. The maximum absolute atomic E-state index is 11.0. The monoisotopic (exact) mass is 223 g/mol. The Kier molecular flexibility index (Phi) is 7.14. The van der Waals surface area contributed by atoms with Crippen molar-refractivity contribution < 1.29 is 19.4 Å². The maximum Gasteiger partial charge on any atom is 0.325 e. The largest absolute Gasteiger partial charge is 0.465 e. The second-order valence-electron chi connectivity index (χ2n) is 2.59. The highest BCUT2D eigenvalue weighted by Gasteiger charge is 2.10. The van der Waals surface area contributed by atoms with E-state index in [-0.39, 0.29) is 25.5 Å². The fourth-order valence-corrected chi connectivity index (χ4v) is 0.833. The van der Waals surface area contributed by atoms with Gasteiger partial charge in [0.2, 0.25) is 5.91 Å². The summed E-state index contributed by atoms with van der Waals surface area (Å²) in [5, 5.41) is 11.3. The van der Waals surface area contributed by atoms with Gasteiger partial charge in [-0.25, -0.2) is 0 Å². The Morgan fingerprint density at radius 3 is 2.71 bits per heavy atom. The van der Waals surface area contributed by atoms with Crippen LogP contribution in [-0.4, -0.2) is 42.1 Å². The van der Waals surface area contributed by atoms with Crippen molar-refractivity contribution in [1.82, 2.24) is 5.32 Å². The number of aliphatic hydroxyl groups is 1. The maximum atomic E-state index is 11.0. The van der Waals surface area contributed by atoms with Gasteiger partial charge < -0.3 is 15.2 Å². The molecule has 0 fully saturated rings. The van der Waals surface area contributed by atoms with Crippen molar-refractivity contribution in [2.75, 3.05) is 19.0 Å². The normalized spacial score (nSPS) is 11.9. The number of carbonyl (C=O) groups excluding carboxylic acids is 2. The van der Waals surface area contributed by atoms with Gasteiger partial charge in [-0.2, -0.15) is 0 Å². The highest BCUT2D eigenvalue weighted by atomic mass is 35.5. The molecular weight excluding hydrogens is 210 g/mol. The Hall–Kier alpha value is -0.810. The minimum Gasteiger partial charge on any atom is -0.465 e. The molecule has 0 aliphatic heterocycles. The van der Waals surface area contributed by atoms with Crippen molar-refractivity contribution in [3.63, 3.8) is 0 Å². The summed E-state index contributed by atoms with van der Waals surface area (Å²) in [5.41, 5.74) is 0. The van der Waals surface area contributed by atoms with Crippen molar-refractivity contribution in [3.8, 4) is 0 Å². The van der Waals surface area contributed by atoms with Crippen LogP contribution >= 0.6 is 11.6 Å². The van der Waals surface area contributed by atoms with Gasteiger partial charge in [-0.05, 0) is 6.92 Å². The highest BCUT2D eigenvalue weighted by Crippen LogP contribution is 1.93. The molecule has 6 heteroatoms. The summed E-state index contributed by atoms with van der Waals surface area (Å²) < 4.78 is 4.58. The Bertz CT molecular complexity index is 198. The molecule has 2 N–H and O–H groups in total. The number of rotatable bonds is 6. The molecule has 1 atom stereocenters. The second-order valence-corrected chi connectivity index (χ2v) is 2.90.